The minimum Gasteiger partial charge on any atom is -0.493 e. The topological polar surface area (TPSA) is 67.3 Å². The van der Waals surface area contributed by atoms with E-state index in [9.17, 15) is 4.79 Å². The van der Waals surface area contributed by atoms with Crippen molar-refractivity contribution in [3.63, 3.8) is 0 Å². The Morgan fingerprint density at radius 3 is 2.96 bits per heavy atom. The number of nitrogens with zero attached hydrogens (tertiary/aromatic N) is 2. The Morgan fingerprint density at radius 1 is 1.40 bits per heavy atom. The fourth-order valence-corrected chi connectivity index (χ4v) is 3.70. The molecule has 25 heavy (non-hydrogen) atoms. The number of hydrogen-bond donors (Lipinski definition) is 1. The number of aromatic amines is 1. The molecule has 0 spiro atoms. The molecule has 0 amide bonds. The van der Waals surface area contributed by atoms with Gasteiger partial charge >= 0.3 is 0 Å². The number of carbonyl (C=O) groups excluding carboxylic acids is 1. The zero-order chi connectivity index (χ0) is 17.6. The van der Waals surface area contributed by atoms with Gasteiger partial charge in [0.05, 0.1) is 17.2 Å². The van der Waals surface area contributed by atoms with Crippen LogP contribution in [0.5, 0.6) is 0 Å². The van der Waals surface area contributed by atoms with Crippen molar-refractivity contribution < 1.29 is 9.53 Å². The smallest absolute Gasteiger partial charge is 0.152 e. The number of thioether (sulfide) groups is 1. The van der Waals surface area contributed by atoms with Gasteiger partial charge in [0.15, 0.2) is 6.29 Å². The second-order valence-corrected chi connectivity index (χ2v) is 6.70. The molecule has 0 atom stereocenters. The van der Waals surface area contributed by atoms with Crippen LogP contribution in [0.1, 0.15) is 48.3 Å². The summed E-state index contributed by atoms with van der Waals surface area (Å²) < 4.78 is 5.79. The molecule has 0 unspecified atom stereocenters. The predicted molar refractivity (Wildman–Crippen MR) is 102 cm³/mol. The van der Waals surface area contributed by atoms with Crippen LogP contribution in [-0.4, -0.2) is 27.9 Å². The van der Waals surface area contributed by atoms with Gasteiger partial charge in [0.25, 0.3) is 0 Å². The van der Waals surface area contributed by atoms with E-state index in [4.69, 9.17) is 9.73 Å². The van der Waals surface area contributed by atoms with Crippen molar-refractivity contribution in [1.29, 1.82) is 0 Å². The van der Waals surface area contributed by atoms with E-state index in [1.807, 2.05) is 32.2 Å². The summed E-state index contributed by atoms with van der Waals surface area (Å²) in [5.74, 6) is 1.44. The summed E-state index contributed by atoms with van der Waals surface area (Å²) in [7, 11) is 0. The van der Waals surface area contributed by atoms with Crippen LogP contribution in [0, 0.1) is 0 Å². The molecular weight excluding hydrogens is 334 g/mol. The summed E-state index contributed by atoms with van der Waals surface area (Å²) in [4.78, 5) is 25.0. The van der Waals surface area contributed by atoms with Gasteiger partial charge in [-0.05, 0) is 44.4 Å². The van der Waals surface area contributed by atoms with Gasteiger partial charge in [0.2, 0.25) is 0 Å². The van der Waals surface area contributed by atoms with Crippen LogP contribution in [0.15, 0.2) is 40.5 Å². The highest BCUT2D eigenvalue weighted by molar-refractivity contribution is 8.14. The lowest BCUT2D eigenvalue weighted by Crippen LogP contribution is -2.00. The van der Waals surface area contributed by atoms with Gasteiger partial charge in [0, 0.05) is 28.5 Å². The summed E-state index contributed by atoms with van der Waals surface area (Å²) in [6.07, 6.45) is 8.90. The number of allylic oxidation sites excluding steroid dienone is 1. The lowest BCUT2D eigenvalue weighted by atomic mass is 10.1. The maximum absolute atomic E-state index is 11.7. The number of aryl methyl sites for hydroxylation is 1. The third kappa shape index (κ3) is 3.85. The van der Waals surface area contributed by atoms with Gasteiger partial charge in [-0.15, -0.1) is 0 Å². The molecule has 0 aliphatic carbocycles. The molecule has 1 aliphatic rings. The highest BCUT2D eigenvalue weighted by atomic mass is 32.2. The molecule has 0 saturated heterocycles. The van der Waals surface area contributed by atoms with Crippen LogP contribution in [0.2, 0.25) is 0 Å². The molecule has 0 saturated carbocycles. The van der Waals surface area contributed by atoms with Crippen molar-refractivity contribution in [3.8, 4) is 0 Å². The largest absolute Gasteiger partial charge is 0.493 e. The number of pyridine rings is 1. The first-order chi connectivity index (χ1) is 12.3. The SMILES string of the molecule is CCO/C1=C/CC/C(Sc2cccnc2)=N\c2[nH]c(CC)c(C=O)c21. The second-order valence-electron chi connectivity index (χ2n) is 5.55. The third-order valence-electron chi connectivity index (χ3n) is 3.91. The molecule has 0 radical (unpaired) electrons. The zero-order valence-corrected chi connectivity index (χ0v) is 15.2. The van der Waals surface area contributed by atoms with Crippen molar-refractivity contribution in [2.75, 3.05) is 6.61 Å². The first kappa shape index (κ1) is 17.5. The van der Waals surface area contributed by atoms with Crippen molar-refractivity contribution in [3.05, 3.63) is 47.4 Å². The van der Waals surface area contributed by atoms with Crippen molar-refractivity contribution in [2.45, 2.75) is 38.0 Å². The van der Waals surface area contributed by atoms with Crippen LogP contribution in [0.4, 0.5) is 5.82 Å². The number of aldehydes is 1. The van der Waals surface area contributed by atoms with Gasteiger partial charge in [-0.25, -0.2) is 4.99 Å². The van der Waals surface area contributed by atoms with E-state index >= 15 is 0 Å². The summed E-state index contributed by atoms with van der Waals surface area (Å²) in [5.41, 5.74) is 2.31. The van der Waals surface area contributed by atoms with Gasteiger partial charge in [0.1, 0.15) is 11.6 Å². The monoisotopic (exact) mass is 355 g/mol. The number of ether oxygens (including phenoxy) is 1. The highest BCUT2D eigenvalue weighted by Crippen LogP contribution is 2.36. The number of fused-ring (bicyclic) bond motifs is 1. The lowest BCUT2D eigenvalue weighted by molar-refractivity contribution is 0.112. The van der Waals surface area contributed by atoms with E-state index < -0.39 is 0 Å². The number of H-pyrrole nitrogens is 1. The average Bonchev–Trinajstić information content (AvgIpc) is 2.97. The number of carbonyl (C=O) groups is 1. The number of aromatic nitrogens is 2. The molecule has 3 rings (SSSR count). The quantitative estimate of drug-likeness (QED) is 0.784. The fourth-order valence-electron chi connectivity index (χ4n) is 2.81. The number of rotatable bonds is 5. The molecule has 2 aromatic heterocycles. The molecule has 3 heterocycles. The Bertz CT molecular complexity index is 810. The maximum atomic E-state index is 11.7. The summed E-state index contributed by atoms with van der Waals surface area (Å²) in [6.45, 7) is 4.52. The number of aliphatic imine (C=N–C) groups is 1. The van der Waals surface area contributed by atoms with E-state index in [1.54, 1.807) is 18.0 Å². The second kappa shape index (κ2) is 8.16. The fraction of sp³-hybridized carbons (Fsp3) is 0.316. The Hall–Kier alpha value is -2.34. The third-order valence-corrected chi connectivity index (χ3v) is 4.92. The summed E-state index contributed by atoms with van der Waals surface area (Å²) in [6, 6.07) is 3.93. The molecule has 6 heteroatoms. The molecular formula is C19H21N3O2S. The van der Waals surface area contributed by atoms with Crippen molar-refractivity contribution >= 4 is 34.7 Å². The first-order valence-corrected chi connectivity index (χ1v) is 9.27. The van der Waals surface area contributed by atoms with E-state index in [0.29, 0.717) is 18.0 Å². The molecule has 130 valence electrons. The minimum atomic E-state index is 0.553. The van der Waals surface area contributed by atoms with E-state index in [2.05, 4.69) is 16.0 Å². The van der Waals surface area contributed by atoms with Gasteiger partial charge in [-0.2, -0.15) is 0 Å². The standard InChI is InChI=1S/C19H21N3O2S/c1-3-15-14(12-23)18-16(24-4-2)8-5-9-17(22-19(18)21-15)25-13-7-6-10-20-11-13/h6-8,10-12,21H,3-5,9H2,1-2H3/b16-8+,22-17+. The van der Waals surface area contributed by atoms with Gasteiger partial charge in [-0.3, -0.25) is 9.78 Å². The van der Waals surface area contributed by atoms with Crippen molar-refractivity contribution in [1.82, 2.24) is 9.97 Å². The van der Waals surface area contributed by atoms with Crippen LogP contribution in [0.25, 0.3) is 5.76 Å². The lowest BCUT2D eigenvalue weighted by Gasteiger charge is -2.13. The minimum absolute atomic E-state index is 0.553. The van der Waals surface area contributed by atoms with Crippen LogP contribution in [-0.2, 0) is 11.2 Å². The van der Waals surface area contributed by atoms with Gasteiger partial charge < -0.3 is 9.72 Å². The Morgan fingerprint density at radius 2 is 2.28 bits per heavy atom. The van der Waals surface area contributed by atoms with E-state index in [1.165, 1.54) is 0 Å². The Labute approximate surface area is 151 Å². The van der Waals surface area contributed by atoms with E-state index in [-0.39, 0.29) is 0 Å². The van der Waals surface area contributed by atoms with Crippen LogP contribution in [0.3, 0.4) is 0 Å². The molecule has 2 aromatic rings. The Kier molecular flexibility index (Phi) is 5.71. The number of nitrogens with one attached hydrogen (secondary N) is 1. The van der Waals surface area contributed by atoms with Gasteiger partial charge in [-0.1, -0.05) is 18.7 Å². The molecule has 1 N–H and O–H groups in total. The molecule has 5 nitrogen and oxygen atoms in total. The molecule has 0 bridgehead atoms. The van der Waals surface area contributed by atoms with Crippen molar-refractivity contribution in [2.24, 2.45) is 4.99 Å². The summed E-state index contributed by atoms with van der Waals surface area (Å²) >= 11 is 1.60. The van der Waals surface area contributed by atoms with Crippen LogP contribution >= 0.6 is 11.8 Å². The van der Waals surface area contributed by atoms with Crippen LogP contribution < -0.4 is 0 Å². The highest BCUT2D eigenvalue weighted by Gasteiger charge is 2.22. The molecule has 1 aliphatic heterocycles. The normalized spacial score (nSPS) is 18.2. The summed E-state index contributed by atoms with van der Waals surface area (Å²) in [5, 5.41) is 0.988. The maximum Gasteiger partial charge on any atom is 0.152 e. The number of hydrogen-bond acceptors (Lipinski definition) is 5. The molecule has 0 fully saturated rings. The van der Waals surface area contributed by atoms with E-state index in [0.717, 1.165) is 52.5 Å². The zero-order valence-electron chi connectivity index (χ0n) is 14.4. The first-order valence-electron chi connectivity index (χ1n) is 8.45. The Balaban J connectivity index is 2.05. The predicted octanol–water partition coefficient (Wildman–Crippen LogP) is 4.78. The average molecular weight is 355 g/mol. The molecule has 0 aromatic carbocycles.